The Bertz CT molecular complexity index is 911. The third-order valence-corrected chi connectivity index (χ3v) is 4.95. The fourth-order valence-corrected chi connectivity index (χ4v) is 3.41. The normalized spacial score (nSPS) is 10.7. The summed E-state index contributed by atoms with van der Waals surface area (Å²) in [6.07, 6.45) is 0. The molecule has 1 N–H and O–H groups in total. The first-order valence-electron chi connectivity index (χ1n) is 9.05. The van der Waals surface area contributed by atoms with E-state index in [4.69, 9.17) is 9.47 Å². The van der Waals surface area contributed by atoms with E-state index >= 15 is 0 Å². The van der Waals surface area contributed by atoms with E-state index in [-0.39, 0.29) is 5.82 Å². The largest absolute Gasteiger partial charge is 0.493 e. The highest BCUT2D eigenvalue weighted by Gasteiger charge is 2.12. The minimum absolute atomic E-state index is 0.223. The minimum atomic E-state index is -0.223. The molecule has 0 saturated carbocycles. The van der Waals surface area contributed by atoms with Gasteiger partial charge in [-0.15, -0.1) is 0 Å². The summed E-state index contributed by atoms with van der Waals surface area (Å²) >= 11 is 3.59. The lowest BCUT2D eigenvalue weighted by molar-refractivity contribution is 0.282. The number of hydrogen-bond acceptors (Lipinski definition) is 3. The Hall–Kier alpha value is -2.37. The maximum Gasteiger partial charge on any atom is 0.175 e. The Labute approximate surface area is 173 Å². The SMILES string of the molecule is COc1cc(CNCc2ccc(F)cc2)cc(Br)c1OCc1ccc(C)cc1. The number of rotatable bonds is 8. The number of nitrogens with one attached hydrogen (secondary N) is 1. The van der Waals surface area contributed by atoms with E-state index in [0.29, 0.717) is 31.2 Å². The number of halogens is 2. The third kappa shape index (κ3) is 5.57. The summed E-state index contributed by atoms with van der Waals surface area (Å²) in [4.78, 5) is 0. The molecule has 0 atom stereocenters. The average Bonchev–Trinajstić information content (AvgIpc) is 2.69. The molecule has 0 bridgehead atoms. The molecule has 0 aliphatic rings. The molecule has 0 aliphatic carbocycles. The smallest absolute Gasteiger partial charge is 0.175 e. The van der Waals surface area contributed by atoms with Gasteiger partial charge in [0.1, 0.15) is 12.4 Å². The summed E-state index contributed by atoms with van der Waals surface area (Å²) in [6, 6.07) is 18.7. The number of aryl methyl sites for hydroxylation is 1. The van der Waals surface area contributed by atoms with Gasteiger partial charge < -0.3 is 14.8 Å². The second-order valence-corrected chi connectivity index (χ2v) is 7.47. The van der Waals surface area contributed by atoms with Gasteiger partial charge in [-0.2, -0.15) is 0 Å². The monoisotopic (exact) mass is 443 g/mol. The van der Waals surface area contributed by atoms with E-state index in [1.54, 1.807) is 19.2 Å². The van der Waals surface area contributed by atoms with Gasteiger partial charge in [0.15, 0.2) is 11.5 Å². The van der Waals surface area contributed by atoms with Gasteiger partial charge in [-0.3, -0.25) is 0 Å². The predicted octanol–water partition coefficient (Wildman–Crippen LogP) is 5.77. The van der Waals surface area contributed by atoms with E-state index in [0.717, 1.165) is 21.2 Å². The van der Waals surface area contributed by atoms with Gasteiger partial charge in [0.2, 0.25) is 0 Å². The highest BCUT2D eigenvalue weighted by molar-refractivity contribution is 9.10. The molecule has 0 amide bonds. The maximum atomic E-state index is 13.0. The van der Waals surface area contributed by atoms with Crippen LogP contribution in [0.2, 0.25) is 0 Å². The highest BCUT2D eigenvalue weighted by atomic mass is 79.9. The summed E-state index contributed by atoms with van der Waals surface area (Å²) in [7, 11) is 1.64. The van der Waals surface area contributed by atoms with Crippen LogP contribution in [0.15, 0.2) is 65.1 Å². The first-order valence-corrected chi connectivity index (χ1v) is 9.84. The van der Waals surface area contributed by atoms with Crippen molar-refractivity contribution in [1.82, 2.24) is 5.32 Å². The van der Waals surface area contributed by atoms with Crippen molar-refractivity contribution in [1.29, 1.82) is 0 Å². The van der Waals surface area contributed by atoms with Gasteiger partial charge in [-0.05, 0) is 63.8 Å². The molecule has 0 saturated heterocycles. The van der Waals surface area contributed by atoms with Gasteiger partial charge in [0.25, 0.3) is 0 Å². The lowest BCUT2D eigenvalue weighted by atomic mass is 10.1. The standard InChI is InChI=1S/C23H23BrFNO2/c1-16-3-5-18(6-4-16)15-28-23-21(24)11-19(12-22(23)27-2)14-26-13-17-7-9-20(25)10-8-17/h3-12,26H,13-15H2,1-2H3. The Balaban J connectivity index is 1.63. The molecule has 0 fully saturated rings. The quantitative estimate of drug-likeness (QED) is 0.478. The van der Waals surface area contributed by atoms with Crippen molar-refractivity contribution in [2.45, 2.75) is 26.6 Å². The van der Waals surface area contributed by atoms with Crippen molar-refractivity contribution < 1.29 is 13.9 Å². The van der Waals surface area contributed by atoms with Crippen molar-refractivity contribution in [3.63, 3.8) is 0 Å². The van der Waals surface area contributed by atoms with Crippen LogP contribution in [0.4, 0.5) is 4.39 Å². The van der Waals surface area contributed by atoms with Crippen LogP contribution in [0.1, 0.15) is 22.3 Å². The highest BCUT2D eigenvalue weighted by Crippen LogP contribution is 2.37. The van der Waals surface area contributed by atoms with Gasteiger partial charge in [0.05, 0.1) is 11.6 Å². The predicted molar refractivity (Wildman–Crippen MR) is 113 cm³/mol. The Morgan fingerprint density at radius 3 is 2.21 bits per heavy atom. The van der Waals surface area contributed by atoms with Crippen LogP contribution in [-0.4, -0.2) is 7.11 Å². The molecule has 0 unspecified atom stereocenters. The second-order valence-electron chi connectivity index (χ2n) is 6.61. The number of hydrogen-bond donors (Lipinski definition) is 1. The van der Waals surface area contributed by atoms with Crippen LogP contribution < -0.4 is 14.8 Å². The van der Waals surface area contributed by atoms with Gasteiger partial charge in [-0.25, -0.2) is 4.39 Å². The molecule has 0 spiro atoms. The molecule has 3 nitrogen and oxygen atoms in total. The molecular weight excluding hydrogens is 421 g/mol. The molecule has 5 heteroatoms. The van der Waals surface area contributed by atoms with Crippen molar-refractivity contribution in [3.8, 4) is 11.5 Å². The molecular formula is C23H23BrFNO2. The molecule has 0 aromatic heterocycles. The second kappa shape index (κ2) is 9.71. The average molecular weight is 444 g/mol. The zero-order valence-corrected chi connectivity index (χ0v) is 17.6. The fourth-order valence-electron chi connectivity index (χ4n) is 2.81. The van der Waals surface area contributed by atoms with E-state index in [1.807, 2.05) is 12.1 Å². The van der Waals surface area contributed by atoms with E-state index in [1.165, 1.54) is 17.7 Å². The molecule has 28 heavy (non-hydrogen) atoms. The fraction of sp³-hybridized carbons (Fsp3) is 0.217. The third-order valence-electron chi connectivity index (χ3n) is 4.36. The van der Waals surface area contributed by atoms with Crippen LogP contribution in [0.5, 0.6) is 11.5 Å². The first-order chi connectivity index (χ1) is 13.5. The minimum Gasteiger partial charge on any atom is -0.493 e. The van der Waals surface area contributed by atoms with Crippen molar-refractivity contribution in [2.24, 2.45) is 0 Å². The first kappa shape index (κ1) is 20.4. The van der Waals surface area contributed by atoms with Gasteiger partial charge in [0, 0.05) is 13.1 Å². The summed E-state index contributed by atoms with van der Waals surface area (Å²) in [5, 5.41) is 3.36. The van der Waals surface area contributed by atoms with Crippen LogP contribution in [0.3, 0.4) is 0 Å². The van der Waals surface area contributed by atoms with Crippen LogP contribution in [-0.2, 0) is 19.7 Å². The molecule has 3 rings (SSSR count). The van der Waals surface area contributed by atoms with Crippen molar-refractivity contribution in [3.05, 3.63) is 93.2 Å². The van der Waals surface area contributed by atoms with Crippen LogP contribution in [0.25, 0.3) is 0 Å². The molecule has 3 aromatic carbocycles. The van der Waals surface area contributed by atoms with Gasteiger partial charge in [-0.1, -0.05) is 42.0 Å². The number of methoxy groups -OCH3 is 1. The Morgan fingerprint density at radius 1 is 0.893 bits per heavy atom. The summed E-state index contributed by atoms with van der Waals surface area (Å²) in [5.74, 6) is 1.14. The Kier molecular flexibility index (Phi) is 7.06. The number of benzene rings is 3. The van der Waals surface area contributed by atoms with Crippen molar-refractivity contribution in [2.75, 3.05) is 7.11 Å². The van der Waals surface area contributed by atoms with E-state index in [2.05, 4.69) is 52.4 Å². The Morgan fingerprint density at radius 2 is 1.54 bits per heavy atom. The lowest BCUT2D eigenvalue weighted by Crippen LogP contribution is -2.13. The van der Waals surface area contributed by atoms with Gasteiger partial charge >= 0.3 is 0 Å². The maximum absolute atomic E-state index is 13.0. The molecule has 146 valence electrons. The molecule has 3 aromatic rings. The topological polar surface area (TPSA) is 30.5 Å². The summed E-state index contributed by atoms with van der Waals surface area (Å²) in [5.41, 5.74) is 4.42. The zero-order valence-electron chi connectivity index (χ0n) is 16.0. The zero-order chi connectivity index (χ0) is 19.9. The van der Waals surface area contributed by atoms with E-state index in [9.17, 15) is 4.39 Å². The summed E-state index contributed by atoms with van der Waals surface area (Å²) in [6.45, 7) is 3.85. The summed E-state index contributed by atoms with van der Waals surface area (Å²) < 4.78 is 25.3. The number of ether oxygens (including phenoxy) is 2. The van der Waals surface area contributed by atoms with Crippen molar-refractivity contribution >= 4 is 15.9 Å². The molecule has 0 radical (unpaired) electrons. The van der Waals surface area contributed by atoms with E-state index < -0.39 is 0 Å². The van der Waals surface area contributed by atoms with Crippen LogP contribution >= 0.6 is 15.9 Å². The molecule has 0 heterocycles. The van der Waals surface area contributed by atoms with Crippen LogP contribution in [0, 0.1) is 12.7 Å². The molecule has 0 aliphatic heterocycles. The lowest BCUT2D eigenvalue weighted by Gasteiger charge is -2.15.